The Balaban J connectivity index is 2.15. The molecule has 2 rings (SSSR count). The van der Waals surface area contributed by atoms with Crippen LogP contribution in [-0.4, -0.2) is 16.5 Å². The number of benzene rings is 2. The van der Waals surface area contributed by atoms with Crippen LogP contribution in [-0.2, 0) is 0 Å². The molecule has 0 heterocycles. The molecule has 0 aromatic heterocycles. The number of carbonyl (C=O) groups is 1. The highest BCUT2D eigenvalue weighted by Gasteiger charge is 2.11. The normalized spacial score (nSPS) is 11.2. The minimum Gasteiger partial charge on any atom is -0.267 e. The summed E-state index contributed by atoms with van der Waals surface area (Å²) in [7, 11) is 0. The molecule has 0 saturated carbocycles. The van der Waals surface area contributed by atoms with Crippen molar-refractivity contribution >= 4 is 40.5 Å². The predicted molar refractivity (Wildman–Crippen MR) is 89.2 cm³/mol. The Kier molecular flexibility index (Phi) is 5.31. The molecule has 0 aliphatic carbocycles. The average molecular weight is 352 g/mol. The van der Waals surface area contributed by atoms with Crippen molar-refractivity contribution in [1.82, 2.24) is 5.43 Å². The van der Waals surface area contributed by atoms with Gasteiger partial charge in [0.1, 0.15) is 0 Å². The molecule has 8 heteroatoms. The number of hydrogen-bond acceptors (Lipinski definition) is 4. The highest BCUT2D eigenvalue weighted by molar-refractivity contribution is 6.42. The molecule has 0 aliphatic rings. The minimum absolute atomic E-state index is 0.143. The van der Waals surface area contributed by atoms with Crippen LogP contribution in [0.1, 0.15) is 22.8 Å². The zero-order valence-electron chi connectivity index (χ0n) is 11.9. The number of hydrazone groups is 1. The fourth-order valence-electron chi connectivity index (χ4n) is 1.75. The maximum absolute atomic E-state index is 12.0. The Labute approximate surface area is 141 Å². The summed E-state index contributed by atoms with van der Waals surface area (Å²) in [5.41, 5.74) is 3.54. The molecule has 0 spiro atoms. The second-order valence-electron chi connectivity index (χ2n) is 4.57. The Morgan fingerprint density at radius 3 is 2.52 bits per heavy atom. The first-order valence-corrected chi connectivity index (χ1v) is 7.18. The lowest BCUT2D eigenvalue weighted by atomic mass is 10.1. The van der Waals surface area contributed by atoms with Crippen LogP contribution in [0, 0.1) is 10.1 Å². The first-order chi connectivity index (χ1) is 10.9. The molecule has 0 saturated heterocycles. The van der Waals surface area contributed by atoms with Crippen LogP contribution in [0.4, 0.5) is 5.69 Å². The first kappa shape index (κ1) is 16.9. The van der Waals surface area contributed by atoms with Gasteiger partial charge in [0.15, 0.2) is 0 Å². The van der Waals surface area contributed by atoms with Crippen molar-refractivity contribution < 1.29 is 9.72 Å². The Hall–Kier alpha value is -2.44. The van der Waals surface area contributed by atoms with Crippen molar-refractivity contribution in [2.24, 2.45) is 5.10 Å². The van der Waals surface area contributed by atoms with E-state index in [4.69, 9.17) is 23.2 Å². The standard InChI is InChI=1S/C15H11Cl2N3O3/c1-9(10-5-6-13(16)14(17)8-10)18-19-15(21)11-3-2-4-12(7-11)20(22)23/h2-8H,1H3,(H,19,21)/b18-9+. The van der Waals surface area contributed by atoms with Crippen LogP contribution in [0.2, 0.25) is 10.0 Å². The molecule has 2 aromatic rings. The van der Waals surface area contributed by atoms with Gasteiger partial charge in [-0.25, -0.2) is 5.43 Å². The maximum atomic E-state index is 12.0. The van der Waals surface area contributed by atoms with E-state index >= 15 is 0 Å². The maximum Gasteiger partial charge on any atom is 0.271 e. The van der Waals surface area contributed by atoms with Crippen LogP contribution in [0.25, 0.3) is 0 Å². The molecule has 6 nitrogen and oxygen atoms in total. The van der Waals surface area contributed by atoms with E-state index in [-0.39, 0.29) is 11.3 Å². The van der Waals surface area contributed by atoms with Crippen molar-refractivity contribution in [1.29, 1.82) is 0 Å². The lowest BCUT2D eigenvalue weighted by Gasteiger charge is -2.04. The SMILES string of the molecule is C/C(=N\NC(=O)c1cccc([N+](=O)[O-])c1)c1ccc(Cl)c(Cl)c1. The van der Waals surface area contributed by atoms with E-state index in [1.807, 2.05) is 0 Å². The molecule has 23 heavy (non-hydrogen) atoms. The lowest BCUT2D eigenvalue weighted by molar-refractivity contribution is -0.384. The van der Waals surface area contributed by atoms with Gasteiger partial charge < -0.3 is 0 Å². The van der Waals surface area contributed by atoms with Gasteiger partial charge in [-0.1, -0.05) is 35.3 Å². The van der Waals surface area contributed by atoms with Gasteiger partial charge in [0.25, 0.3) is 11.6 Å². The predicted octanol–water partition coefficient (Wildman–Crippen LogP) is 4.06. The highest BCUT2D eigenvalue weighted by Crippen LogP contribution is 2.22. The third-order valence-electron chi connectivity index (χ3n) is 2.98. The monoisotopic (exact) mass is 351 g/mol. The number of carbonyl (C=O) groups excluding carboxylic acids is 1. The highest BCUT2D eigenvalue weighted by atomic mass is 35.5. The summed E-state index contributed by atoms with van der Waals surface area (Å²) >= 11 is 11.8. The summed E-state index contributed by atoms with van der Waals surface area (Å²) in [6, 6.07) is 10.4. The Morgan fingerprint density at radius 1 is 1.13 bits per heavy atom. The van der Waals surface area contributed by atoms with Gasteiger partial charge in [-0.15, -0.1) is 0 Å². The van der Waals surface area contributed by atoms with Crippen molar-refractivity contribution in [3.8, 4) is 0 Å². The van der Waals surface area contributed by atoms with Gasteiger partial charge in [-0.3, -0.25) is 14.9 Å². The average Bonchev–Trinajstić information content (AvgIpc) is 2.54. The third kappa shape index (κ3) is 4.28. The van der Waals surface area contributed by atoms with Crippen molar-refractivity contribution in [2.75, 3.05) is 0 Å². The number of amides is 1. The number of nitro groups is 1. The van der Waals surface area contributed by atoms with Crippen LogP contribution >= 0.6 is 23.2 Å². The number of nitro benzene ring substituents is 1. The van der Waals surface area contributed by atoms with Crippen molar-refractivity contribution in [2.45, 2.75) is 6.92 Å². The van der Waals surface area contributed by atoms with Gasteiger partial charge in [0.05, 0.1) is 20.7 Å². The molecule has 2 aromatic carbocycles. The van der Waals surface area contributed by atoms with E-state index < -0.39 is 10.8 Å². The van der Waals surface area contributed by atoms with Crippen LogP contribution < -0.4 is 5.43 Å². The van der Waals surface area contributed by atoms with E-state index in [9.17, 15) is 14.9 Å². The van der Waals surface area contributed by atoms with E-state index in [1.54, 1.807) is 25.1 Å². The first-order valence-electron chi connectivity index (χ1n) is 6.43. The minimum atomic E-state index is -0.568. The second-order valence-corrected chi connectivity index (χ2v) is 5.39. The fraction of sp³-hybridized carbons (Fsp3) is 0.0667. The summed E-state index contributed by atoms with van der Waals surface area (Å²) in [6.45, 7) is 1.69. The molecular weight excluding hydrogens is 341 g/mol. The number of hydrogen-bond donors (Lipinski definition) is 1. The van der Waals surface area contributed by atoms with Gasteiger partial charge in [0.2, 0.25) is 0 Å². The molecule has 1 amide bonds. The van der Waals surface area contributed by atoms with Gasteiger partial charge in [0, 0.05) is 17.7 Å². The fourth-order valence-corrected chi connectivity index (χ4v) is 2.04. The molecular formula is C15H11Cl2N3O3. The van der Waals surface area contributed by atoms with Crippen LogP contribution in [0.5, 0.6) is 0 Å². The van der Waals surface area contributed by atoms with Crippen LogP contribution in [0.3, 0.4) is 0 Å². The number of nitrogens with one attached hydrogen (secondary N) is 1. The molecule has 0 bridgehead atoms. The summed E-state index contributed by atoms with van der Waals surface area (Å²) < 4.78 is 0. The largest absolute Gasteiger partial charge is 0.271 e. The summed E-state index contributed by atoms with van der Waals surface area (Å²) in [6.07, 6.45) is 0. The molecule has 1 N–H and O–H groups in total. The van der Waals surface area contributed by atoms with Gasteiger partial charge >= 0.3 is 0 Å². The molecule has 0 fully saturated rings. The van der Waals surface area contributed by atoms with E-state index in [0.29, 0.717) is 21.3 Å². The smallest absolute Gasteiger partial charge is 0.267 e. The Bertz CT molecular complexity index is 806. The Morgan fingerprint density at radius 2 is 1.87 bits per heavy atom. The van der Waals surface area contributed by atoms with E-state index in [1.165, 1.54) is 24.3 Å². The molecule has 0 atom stereocenters. The van der Waals surface area contributed by atoms with Crippen LogP contribution in [0.15, 0.2) is 47.6 Å². The number of nitrogens with zero attached hydrogens (tertiary/aromatic N) is 2. The topological polar surface area (TPSA) is 84.6 Å². The quantitative estimate of drug-likeness (QED) is 0.512. The molecule has 0 unspecified atom stereocenters. The lowest BCUT2D eigenvalue weighted by Crippen LogP contribution is -2.19. The van der Waals surface area contributed by atoms with E-state index in [2.05, 4.69) is 10.5 Å². The molecule has 0 aliphatic heterocycles. The van der Waals surface area contributed by atoms with Crippen molar-refractivity contribution in [3.05, 3.63) is 73.8 Å². The van der Waals surface area contributed by atoms with Crippen molar-refractivity contribution in [3.63, 3.8) is 0 Å². The zero-order valence-corrected chi connectivity index (χ0v) is 13.4. The summed E-state index contributed by atoms with van der Waals surface area (Å²) in [4.78, 5) is 22.1. The summed E-state index contributed by atoms with van der Waals surface area (Å²) in [5, 5.41) is 15.5. The van der Waals surface area contributed by atoms with Gasteiger partial charge in [-0.05, 0) is 30.7 Å². The van der Waals surface area contributed by atoms with E-state index in [0.717, 1.165) is 0 Å². The summed E-state index contributed by atoms with van der Waals surface area (Å²) in [5.74, 6) is -0.548. The van der Waals surface area contributed by atoms with Gasteiger partial charge in [-0.2, -0.15) is 5.10 Å². The number of rotatable bonds is 4. The number of non-ortho nitro benzene ring substituents is 1. The molecule has 0 radical (unpaired) electrons. The second kappa shape index (κ2) is 7.21. The third-order valence-corrected chi connectivity index (χ3v) is 3.72. The zero-order chi connectivity index (χ0) is 17.0. The number of halogens is 2. The molecule has 118 valence electrons.